The smallest absolute Gasteiger partial charge is 0.316 e. The zero-order chi connectivity index (χ0) is 14.8. The van der Waals surface area contributed by atoms with Crippen LogP contribution in [0.4, 0.5) is 0 Å². The molecule has 0 radical (unpaired) electrons. The van der Waals surface area contributed by atoms with E-state index in [4.69, 9.17) is 4.74 Å². The van der Waals surface area contributed by atoms with Gasteiger partial charge in [0.2, 0.25) is 5.16 Å². The molecule has 0 saturated carbocycles. The number of hydrogen-bond donors (Lipinski definition) is 1. The second-order valence-corrected chi connectivity index (χ2v) is 5.14. The number of H-pyrrole nitrogens is 1. The Kier molecular flexibility index (Phi) is 3.61. The van der Waals surface area contributed by atoms with E-state index in [9.17, 15) is 4.79 Å². The number of aromatic amines is 1. The molecule has 2 aromatic heterocycles. The third-order valence-corrected chi connectivity index (χ3v) is 3.76. The molecular weight excluding hydrogens is 292 g/mol. The molecule has 0 spiro atoms. The van der Waals surface area contributed by atoms with Crippen molar-refractivity contribution in [3.63, 3.8) is 0 Å². The van der Waals surface area contributed by atoms with E-state index < -0.39 is 0 Å². The van der Waals surface area contributed by atoms with Crippen LogP contribution in [-0.4, -0.2) is 46.1 Å². The summed E-state index contributed by atoms with van der Waals surface area (Å²) in [5, 5.41) is 9.52. The fourth-order valence-electron chi connectivity index (χ4n) is 1.91. The van der Waals surface area contributed by atoms with Crippen molar-refractivity contribution >= 4 is 39.8 Å². The van der Waals surface area contributed by atoms with Gasteiger partial charge in [-0.3, -0.25) is 4.79 Å². The Balaban J connectivity index is 1.98. The normalized spacial score (nSPS) is 11.0. The van der Waals surface area contributed by atoms with E-state index in [0.29, 0.717) is 16.3 Å². The molecule has 0 bridgehead atoms. The summed E-state index contributed by atoms with van der Waals surface area (Å²) < 4.78 is 9.78. The summed E-state index contributed by atoms with van der Waals surface area (Å²) >= 11 is 1.18. The summed E-state index contributed by atoms with van der Waals surface area (Å²) in [6.07, 6.45) is 0. The monoisotopic (exact) mass is 304 g/mol. The van der Waals surface area contributed by atoms with Gasteiger partial charge in [0.1, 0.15) is 11.3 Å². The Bertz CT molecular complexity index is 818. The number of nitrogens with one attached hydrogen (secondary N) is 1. The lowest BCUT2D eigenvalue weighted by molar-refractivity contribution is -0.137. The number of aromatic nitrogens is 4. The van der Waals surface area contributed by atoms with Crippen molar-refractivity contribution in [1.82, 2.24) is 20.2 Å². The van der Waals surface area contributed by atoms with Gasteiger partial charge in [0, 0.05) is 10.9 Å². The minimum Gasteiger partial charge on any atom is -0.497 e. The highest BCUT2D eigenvalue weighted by Crippen LogP contribution is 2.27. The molecule has 1 aromatic carbocycles. The number of methoxy groups -OCH3 is 2. The van der Waals surface area contributed by atoms with Crippen LogP contribution < -0.4 is 4.74 Å². The van der Waals surface area contributed by atoms with Gasteiger partial charge < -0.3 is 14.5 Å². The van der Waals surface area contributed by atoms with Gasteiger partial charge in [-0.25, -0.2) is 4.98 Å². The van der Waals surface area contributed by atoms with Crippen LogP contribution in [0.15, 0.2) is 23.4 Å². The van der Waals surface area contributed by atoms with E-state index in [2.05, 4.69) is 24.9 Å². The average molecular weight is 304 g/mol. The summed E-state index contributed by atoms with van der Waals surface area (Å²) in [6.45, 7) is 0. The van der Waals surface area contributed by atoms with Crippen LogP contribution in [0.3, 0.4) is 0 Å². The fourth-order valence-corrected chi connectivity index (χ4v) is 2.53. The van der Waals surface area contributed by atoms with Crippen molar-refractivity contribution in [3.05, 3.63) is 18.2 Å². The van der Waals surface area contributed by atoms with Crippen LogP contribution in [-0.2, 0) is 9.53 Å². The molecule has 108 valence electrons. The van der Waals surface area contributed by atoms with E-state index in [0.717, 1.165) is 16.7 Å². The van der Waals surface area contributed by atoms with E-state index in [1.54, 1.807) is 7.11 Å². The third-order valence-electron chi connectivity index (χ3n) is 2.95. The van der Waals surface area contributed by atoms with E-state index in [1.165, 1.54) is 18.9 Å². The first-order valence-corrected chi connectivity index (χ1v) is 7.09. The molecule has 0 aliphatic rings. The maximum absolute atomic E-state index is 11.1. The maximum Gasteiger partial charge on any atom is 0.316 e. The molecule has 2 heterocycles. The molecule has 8 heteroatoms. The lowest BCUT2D eigenvalue weighted by Gasteiger charge is -1.98. The summed E-state index contributed by atoms with van der Waals surface area (Å²) in [5.74, 6) is 0.567. The van der Waals surface area contributed by atoms with Crippen molar-refractivity contribution in [2.24, 2.45) is 0 Å². The topological polar surface area (TPSA) is 90.0 Å². The summed E-state index contributed by atoms with van der Waals surface area (Å²) in [6, 6.07) is 5.64. The lowest BCUT2D eigenvalue weighted by Crippen LogP contribution is -2.04. The van der Waals surface area contributed by atoms with Gasteiger partial charge in [0.25, 0.3) is 0 Å². The van der Waals surface area contributed by atoms with Crippen LogP contribution in [0.25, 0.3) is 22.1 Å². The Morgan fingerprint density at radius 3 is 2.95 bits per heavy atom. The number of benzene rings is 1. The number of hydrogen-bond acceptors (Lipinski definition) is 7. The quantitative estimate of drug-likeness (QED) is 0.580. The second-order valence-electron chi connectivity index (χ2n) is 4.19. The van der Waals surface area contributed by atoms with Crippen molar-refractivity contribution < 1.29 is 14.3 Å². The Hall–Kier alpha value is -2.35. The second kappa shape index (κ2) is 5.57. The van der Waals surface area contributed by atoms with Crippen molar-refractivity contribution in [1.29, 1.82) is 0 Å². The average Bonchev–Trinajstić information content (AvgIpc) is 2.89. The number of esters is 1. The molecule has 7 nitrogen and oxygen atoms in total. The molecule has 0 amide bonds. The highest BCUT2D eigenvalue weighted by molar-refractivity contribution is 7.99. The number of thioether (sulfide) groups is 1. The van der Waals surface area contributed by atoms with Crippen LogP contribution in [0.5, 0.6) is 5.75 Å². The largest absolute Gasteiger partial charge is 0.497 e. The van der Waals surface area contributed by atoms with Gasteiger partial charge in [-0.1, -0.05) is 11.8 Å². The minimum absolute atomic E-state index is 0.151. The summed E-state index contributed by atoms with van der Waals surface area (Å²) in [7, 11) is 2.96. The van der Waals surface area contributed by atoms with Gasteiger partial charge in [0.05, 0.1) is 20.0 Å². The maximum atomic E-state index is 11.1. The molecule has 3 aromatic rings. The van der Waals surface area contributed by atoms with Gasteiger partial charge in [0.15, 0.2) is 5.65 Å². The van der Waals surface area contributed by atoms with Crippen molar-refractivity contribution in [2.45, 2.75) is 5.16 Å². The summed E-state index contributed by atoms with van der Waals surface area (Å²) in [4.78, 5) is 18.7. The molecule has 0 atom stereocenters. The number of nitrogens with zero attached hydrogens (tertiary/aromatic N) is 3. The van der Waals surface area contributed by atoms with Crippen LogP contribution in [0.2, 0.25) is 0 Å². The predicted molar refractivity (Wildman–Crippen MR) is 78.5 cm³/mol. The van der Waals surface area contributed by atoms with Gasteiger partial charge in [-0.15, -0.1) is 10.2 Å². The van der Waals surface area contributed by atoms with Crippen LogP contribution in [0.1, 0.15) is 0 Å². The zero-order valence-electron chi connectivity index (χ0n) is 11.4. The Morgan fingerprint density at radius 2 is 2.19 bits per heavy atom. The van der Waals surface area contributed by atoms with Gasteiger partial charge in [-0.2, -0.15) is 0 Å². The van der Waals surface area contributed by atoms with E-state index in [1.807, 2.05) is 18.2 Å². The number of rotatable bonds is 4. The molecule has 0 unspecified atom stereocenters. The van der Waals surface area contributed by atoms with E-state index >= 15 is 0 Å². The Labute approximate surface area is 124 Å². The molecule has 1 N–H and O–H groups in total. The standard InChI is InChI=1S/C13H12N4O3S/c1-19-7-3-4-9-8(5-7)11-12(14-9)15-13(17-16-11)21-6-10(18)20-2/h3-5H,6H2,1-2H3,(H,14,15,17). The van der Waals surface area contributed by atoms with Gasteiger partial charge >= 0.3 is 5.97 Å². The van der Waals surface area contributed by atoms with E-state index in [-0.39, 0.29) is 11.7 Å². The zero-order valence-corrected chi connectivity index (χ0v) is 12.2. The number of fused-ring (bicyclic) bond motifs is 3. The number of carbonyl (C=O) groups excluding carboxylic acids is 1. The number of carbonyl (C=O) groups is 1. The first-order chi connectivity index (χ1) is 10.2. The summed E-state index contributed by atoms with van der Waals surface area (Å²) in [5.41, 5.74) is 2.20. The molecule has 0 fully saturated rings. The molecule has 21 heavy (non-hydrogen) atoms. The van der Waals surface area contributed by atoms with Crippen molar-refractivity contribution in [3.8, 4) is 5.75 Å². The molecule has 0 saturated heterocycles. The lowest BCUT2D eigenvalue weighted by atomic mass is 10.2. The molecule has 0 aliphatic carbocycles. The highest BCUT2D eigenvalue weighted by atomic mass is 32.2. The fraction of sp³-hybridized carbons (Fsp3) is 0.231. The highest BCUT2D eigenvalue weighted by Gasteiger charge is 2.11. The predicted octanol–water partition coefficient (Wildman–Crippen LogP) is 1.78. The van der Waals surface area contributed by atoms with Crippen molar-refractivity contribution in [2.75, 3.05) is 20.0 Å². The Morgan fingerprint density at radius 1 is 1.33 bits per heavy atom. The minimum atomic E-state index is -0.329. The van der Waals surface area contributed by atoms with Gasteiger partial charge in [-0.05, 0) is 18.2 Å². The number of ether oxygens (including phenoxy) is 2. The molecule has 0 aliphatic heterocycles. The van der Waals surface area contributed by atoms with Crippen LogP contribution >= 0.6 is 11.8 Å². The SMILES string of the molecule is COC(=O)CSc1nnc2c(n1)[nH]c1ccc(OC)cc12. The van der Waals surface area contributed by atoms with Crippen LogP contribution in [0, 0.1) is 0 Å². The molecule has 3 rings (SSSR count). The first kappa shape index (κ1) is 13.6. The first-order valence-electron chi connectivity index (χ1n) is 6.11. The third kappa shape index (κ3) is 2.62. The molecular formula is C13H12N4O3S.